The molecule has 11 heteroatoms. The van der Waals surface area contributed by atoms with E-state index in [4.69, 9.17) is 16.3 Å². The van der Waals surface area contributed by atoms with Crippen LogP contribution in [0.25, 0.3) is 11.0 Å². The first-order chi connectivity index (χ1) is 18.1. The predicted molar refractivity (Wildman–Crippen MR) is 150 cm³/mol. The third-order valence-corrected chi connectivity index (χ3v) is 7.41. The minimum atomic E-state index is -4.09. The average Bonchev–Trinajstić information content (AvgIpc) is 2.86. The Labute approximate surface area is 226 Å². The SMILES string of the molecule is COc1ccc(Cl)c(Nc2nc3ccccc3nc2NS(=O)(=O)c2ccc(C)c(CC(=O)CN(C)C)c2)c1. The summed E-state index contributed by atoms with van der Waals surface area (Å²) in [4.78, 5) is 23.3. The lowest BCUT2D eigenvalue weighted by Crippen LogP contribution is -2.23. The number of hydrogen-bond acceptors (Lipinski definition) is 8. The van der Waals surface area contributed by atoms with Crippen molar-refractivity contribution in [3.8, 4) is 5.75 Å². The number of carbonyl (C=O) groups is 1. The Balaban J connectivity index is 1.72. The molecule has 4 rings (SSSR count). The number of rotatable bonds is 10. The van der Waals surface area contributed by atoms with E-state index in [1.807, 2.05) is 27.1 Å². The van der Waals surface area contributed by atoms with E-state index in [1.165, 1.54) is 19.2 Å². The van der Waals surface area contributed by atoms with Gasteiger partial charge in [0, 0.05) is 12.5 Å². The number of para-hydroxylation sites is 2. The molecule has 38 heavy (non-hydrogen) atoms. The first-order valence-electron chi connectivity index (χ1n) is 11.7. The van der Waals surface area contributed by atoms with Crippen molar-refractivity contribution in [3.63, 3.8) is 0 Å². The Bertz CT molecular complexity index is 1610. The van der Waals surface area contributed by atoms with Gasteiger partial charge in [0.2, 0.25) is 0 Å². The van der Waals surface area contributed by atoms with Gasteiger partial charge in [-0.3, -0.25) is 9.52 Å². The smallest absolute Gasteiger partial charge is 0.263 e. The number of hydrogen-bond donors (Lipinski definition) is 2. The predicted octanol–water partition coefficient (Wildman–Crippen LogP) is 4.82. The highest BCUT2D eigenvalue weighted by atomic mass is 35.5. The van der Waals surface area contributed by atoms with Crippen LogP contribution in [0.3, 0.4) is 0 Å². The Hall–Kier alpha value is -3.73. The molecule has 0 unspecified atom stereocenters. The number of carbonyl (C=O) groups excluding carboxylic acids is 1. The van der Waals surface area contributed by atoms with E-state index in [1.54, 1.807) is 47.4 Å². The van der Waals surface area contributed by atoms with Crippen LogP contribution in [0, 0.1) is 6.92 Å². The maximum Gasteiger partial charge on any atom is 0.263 e. The molecular weight excluding hydrogens is 526 g/mol. The highest BCUT2D eigenvalue weighted by Gasteiger charge is 2.21. The van der Waals surface area contributed by atoms with E-state index in [-0.39, 0.29) is 35.3 Å². The quantitative estimate of drug-likeness (QED) is 0.287. The Morgan fingerprint density at radius 3 is 2.34 bits per heavy atom. The van der Waals surface area contributed by atoms with Crippen molar-refractivity contribution in [2.24, 2.45) is 0 Å². The number of nitrogens with one attached hydrogen (secondary N) is 2. The number of methoxy groups -OCH3 is 1. The first-order valence-corrected chi connectivity index (χ1v) is 13.6. The number of nitrogens with zero attached hydrogens (tertiary/aromatic N) is 3. The molecule has 3 aromatic carbocycles. The molecule has 0 aliphatic carbocycles. The van der Waals surface area contributed by atoms with Crippen LogP contribution in [-0.2, 0) is 21.2 Å². The van der Waals surface area contributed by atoms with Gasteiger partial charge in [-0.15, -0.1) is 0 Å². The van der Waals surface area contributed by atoms with Gasteiger partial charge in [-0.2, -0.15) is 0 Å². The number of sulfonamides is 1. The number of fused-ring (bicyclic) bond motifs is 1. The summed E-state index contributed by atoms with van der Waals surface area (Å²) < 4.78 is 34.8. The van der Waals surface area contributed by atoms with Crippen molar-refractivity contribution < 1.29 is 17.9 Å². The molecule has 9 nitrogen and oxygen atoms in total. The van der Waals surface area contributed by atoms with Crippen LogP contribution in [0.1, 0.15) is 11.1 Å². The lowest BCUT2D eigenvalue weighted by Gasteiger charge is -2.16. The van der Waals surface area contributed by atoms with Crippen LogP contribution in [0.5, 0.6) is 5.75 Å². The number of likely N-dealkylation sites (N-methyl/N-ethyl adjacent to an activating group) is 1. The van der Waals surface area contributed by atoms with Gasteiger partial charge in [0.1, 0.15) is 5.75 Å². The lowest BCUT2D eigenvalue weighted by molar-refractivity contribution is -0.119. The van der Waals surface area contributed by atoms with E-state index in [0.717, 1.165) is 5.56 Å². The molecule has 0 saturated heterocycles. The number of benzene rings is 3. The topological polar surface area (TPSA) is 114 Å². The molecule has 0 aliphatic rings. The van der Waals surface area contributed by atoms with Crippen LogP contribution in [-0.4, -0.2) is 56.8 Å². The van der Waals surface area contributed by atoms with Gasteiger partial charge in [-0.1, -0.05) is 29.8 Å². The lowest BCUT2D eigenvalue weighted by atomic mass is 10.0. The second-order valence-corrected chi connectivity index (χ2v) is 11.1. The van der Waals surface area contributed by atoms with Crippen molar-refractivity contribution >= 4 is 55.8 Å². The van der Waals surface area contributed by atoms with E-state index < -0.39 is 10.0 Å². The second kappa shape index (κ2) is 11.3. The average molecular weight is 554 g/mol. The number of ether oxygens (including phenoxy) is 1. The summed E-state index contributed by atoms with van der Waals surface area (Å²) in [6.45, 7) is 2.11. The number of anilines is 3. The third-order valence-electron chi connectivity index (χ3n) is 5.74. The van der Waals surface area contributed by atoms with Crippen LogP contribution in [0.4, 0.5) is 17.3 Å². The van der Waals surface area contributed by atoms with E-state index in [2.05, 4.69) is 20.0 Å². The summed E-state index contributed by atoms with van der Waals surface area (Å²) in [7, 11) is 1.06. The first kappa shape index (κ1) is 27.3. The minimum Gasteiger partial charge on any atom is -0.497 e. The molecule has 0 fully saturated rings. The molecule has 0 amide bonds. The van der Waals surface area contributed by atoms with Gasteiger partial charge in [0.25, 0.3) is 10.0 Å². The summed E-state index contributed by atoms with van der Waals surface area (Å²) in [5, 5.41) is 3.47. The number of aromatic nitrogens is 2. The number of aryl methyl sites for hydroxylation is 1. The van der Waals surface area contributed by atoms with E-state index in [9.17, 15) is 13.2 Å². The third kappa shape index (κ3) is 6.39. The van der Waals surface area contributed by atoms with Crippen molar-refractivity contribution in [2.75, 3.05) is 37.8 Å². The van der Waals surface area contributed by atoms with Gasteiger partial charge in [-0.05, 0) is 68.5 Å². The molecule has 0 saturated carbocycles. The largest absolute Gasteiger partial charge is 0.497 e. The molecule has 0 atom stereocenters. The fraction of sp³-hybridized carbons (Fsp3) is 0.222. The molecule has 0 radical (unpaired) electrons. The summed E-state index contributed by atoms with van der Waals surface area (Å²) in [5.74, 6) is 0.704. The highest BCUT2D eigenvalue weighted by molar-refractivity contribution is 7.92. The van der Waals surface area contributed by atoms with Gasteiger partial charge in [0.15, 0.2) is 17.4 Å². The van der Waals surface area contributed by atoms with Crippen molar-refractivity contribution in [1.82, 2.24) is 14.9 Å². The normalized spacial score (nSPS) is 11.5. The molecule has 0 spiro atoms. The number of halogens is 1. The molecular formula is C27H28ClN5O4S. The molecule has 2 N–H and O–H groups in total. The zero-order valence-corrected chi connectivity index (χ0v) is 23.0. The summed E-state index contributed by atoms with van der Waals surface area (Å²) >= 11 is 6.37. The van der Waals surface area contributed by atoms with Crippen LogP contribution in [0.2, 0.25) is 5.02 Å². The fourth-order valence-corrected chi connectivity index (χ4v) is 5.05. The Morgan fingerprint density at radius 2 is 1.68 bits per heavy atom. The highest BCUT2D eigenvalue weighted by Crippen LogP contribution is 2.33. The zero-order chi connectivity index (χ0) is 27.4. The van der Waals surface area contributed by atoms with Crippen LogP contribution < -0.4 is 14.8 Å². The van der Waals surface area contributed by atoms with Crippen molar-refractivity contribution in [1.29, 1.82) is 0 Å². The van der Waals surface area contributed by atoms with E-state index in [0.29, 0.717) is 33.1 Å². The molecule has 4 aromatic rings. The Kier molecular flexibility index (Phi) is 8.15. The van der Waals surface area contributed by atoms with Gasteiger partial charge >= 0.3 is 0 Å². The zero-order valence-electron chi connectivity index (χ0n) is 21.4. The number of Topliss-reactive ketones (excluding diaryl/α,β-unsaturated/α-hetero) is 1. The Morgan fingerprint density at radius 1 is 1.00 bits per heavy atom. The molecule has 198 valence electrons. The maximum absolute atomic E-state index is 13.5. The molecule has 1 aromatic heterocycles. The van der Waals surface area contributed by atoms with Crippen LogP contribution >= 0.6 is 11.6 Å². The second-order valence-electron chi connectivity index (χ2n) is 9.03. The molecule has 1 heterocycles. The van der Waals surface area contributed by atoms with Gasteiger partial charge in [-0.25, -0.2) is 18.4 Å². The summed E-state index contributed by atoms with van der Waals surface area (Å²) in [5.41, 5.74) is 3.01. The summed E-state index contributed by atoms with van der Waals surface area (Å²) in [6, 6.07) is 16.9. The molecule has 0 bridgehead atoms. The van der Waals surface area contributed by atoms with Crippen molar-refractivity contribution in [3.05, 3.63) is 76.8 Å². The van der Waals surface area contributed by atoms with Crippen molar-refractivity contribution in [2.45, 2.75) is 18.2 Å². The number of ketones is 1. The summed E-state index contributed by atoms with van der Waals surface area (Å²) in [6.07, 6.45) is 0.129. The monoisotopic (exact) mass is 553 g/mol. The van der Waals surface area contributed by atoms with Crippen LogP contribution in [0.15, 0.2) is 65.6 Å². The standard InChI is InChI=1S/C27H28ClN5O4S/c1-17-9-11-21(14-18(17)13-19(34)16-33(2)3)38(35,36)32-27-26(29-23-7-5-6-8-24(23)30-27)31-25-15-20(37-4)10-12-22(25)28/h5-12,14-15H,13,16H2,1-4H3,(H,29,31)(H,30,32). The fourth-order valence-electron chi connectivity index (χ4n) is 3.83. The molecule has 0 aliphatic heterocycles. The van der Waals surface area contributed by atoms with Gasteiger partial charge < -0.3 is 15.0 Å². The maximum atomic E-state index is 13.5. The van der Waals surface area contributed by atoms with E-state index >= 15 is 0 Å². The van der Waals surface area contributed by atoms with Gasteiger partial charge in [0.05, 0.1) is 40.3 Å². The minimum absolute atomic E-state index is 0.00612.